The van der Waals surface area contributed by atoms with E-state index in [2.05, 4.69) is 5.32 Å². The molecular weight excluding hydrogens is 334 g/mol. The second-order valence-electron chi connectivity index (χ2n) is 5.96. The zero-order chi connectivity index (χ0) is 18.5. The van der Waals surface area contributed by atoms with E-state index in [0.717, 1.165) is 5.75 Å². The Labute approximate surface area is 151 Å². The van der Waals surface area contributed by atoms with Crippen LogP contribution < -0.4 is 10.1 Å². The highest BCUT2D eigenvalue weighted by Gasteiger charge is 2.26. The molecule has 2 aromatic rings. The molecule has 7 heteroatoms. The Kier molecular flexibility index (Phi) is 5.26. The van der Waals surface area contributed by atoms with Gasteiger partial charge in [-0.15, -0.1) is 0 Å². The number of nitrogens with one attached hydrogen (secondary N) is 1. The number of piperazine rings is 1. The summed E-state index contributed by atoms with van der Waals surface area (Å²) in [6, 6.07) is 13.4. The maximum Gasteiger partial charge on any atom is 0.321 e. The number of anilines is 1. The van der Waals surface area contributed by atoms with Crippen LogP contribution in [0.1, 0.15) is 10.4 Å². The molecule has 1 aliphatic rings. The smallest absolute Gasteiger partial charge is 0.321 e. The molecule has 1 saturated heterocycles. The van der Waals surface area contributed by atoms with E-state index in [1.54, 1.807) is 59.4 Å². The van der Waals surface area contributed by atoms with Crippen molar-refractivity contribution < 1.29 is 19.4 Å². The summed E-state index contributed by atoms with van der Waals surface area (Å²) >= 11 is 0. The number of phenolic OH excluding ortho intramolecular Hbond substituents is 1. The first-order valence-corrected chi connectivity index (χ1v) is 8.36. The van der Waals surface area contributed by atoms with Crippen molar-refractivity contribution in [2.75, 3.05) is 38.6 Å². The van der Waals surface area contributed by atoms with Crippen LogP contribution in [0.4, 0.5) is 10.5 Å². The standard InChI is InChI=1S/C19H21N3O4/c1-26-15-8-6-14(7-9-15)20-19(25)22-12-10-21(11-13-22)18(24)16-4-2-3-5-17(16)23/h2-9,23H,10-13H2,1H3,(H,20,25). The average molecular weight is 355 g/mol. The molecule has 7 nitrogen and oxygen atoms in total. The van der Waals surface area contributed by atoms with Gasteiger partial charge >= 0.3 is 6.03 Å². The minimum Gasteiger partial charge on any atom is -0.507 e. The van der Waals surface area contributed by atoms with Crippen LogP contribution >= 0.6 is 0 Å². The first-order chi connectivity index (χ1) is 12.6. The van der Waals surface area contributed by atoms with Crippen molar-refractivity contribution in [3.63, 3.8) is 0 Å². The number of para-hydroxylation sites is 1. The van der Waals surface area contributed by atoms with Gasteiger partial charge in [-0.2, -0.15) is 0 Å². The fourth-order valence-corrected chi connectivity index (χ4v) is 2.81. The molecule has 2 N–H and O–H groups in total. The van der Waals surface area contributed by atoms with Gasteiger partial charge in [-0.25, -0.2) is 4.79 Å². The van der Waals surface area contributed by atoms with Crippen molar-refractivity contribution in [1.29, 1.82) is 0 Å². The maximum atomic E-state index is 12.5. The van der Waals surface area contributed by atoms with Crippen LogP contribution in [0.5, 0.6) is 11.5 Å². The number of methoxy groups -OCH3 is 1. The summed E-state index contributed by atoms with van der Waals surface area (Å²) in [5.41, 5.74) is 0.965. The monoisotopic (exact) mass is 355 g/mol. The molecule has 0 unspecified atom stereocenters. The van der Waals surface area contributed by atoms with Gasteiger partial charge in [0.1, 0.15) is 11.5 Å². The van der Waals surface area contributed by atoms with Gasteiger partial charge in [0.25, 0.3) is 5.91 Å². The molecule has 0 atom stereocenters. The second-order valence-corrected chi connectivity index (χ2v) is 5.96. The number of hydrogen-bond acceptors (Lipinski definition) is 4. The van der Waals surface area contributed by atoms with Gasteiger partial charge < -0.3 is 25.0 Å². The summed E-state index contributed by atoms with van der Waals surface area (Å²) in [5.74, 6) is 0.467. The summed E-state index contributed by atoms with van der Waals surface area (Å²) < 4.78 is 5.09. The fourth-order valence-electron chi connectivity index (χ4n) is 2.81. The lowest BCUT2D eigenvalue weighted by Gasteiger charge is -2.34. The van der Waals surface area contributed by atoms with E-state index in [4.69, 9.17) is 4.74 Å². The van der Waals surface area contributed by atoms with E-state index in [-0.39, 0.29) is 23.3 Å². The lowest BCUT2D eigenvalue weighted by Crippen LogP contribution is -2.51. The number of rotatable bonds is 3. The van der Waals surface area contributed by atoms with E-state index in [1.807, 2.05) is 0 Å². The lowest BCUT2D eigenvalue weighted by atomic mass is 10.1. The number of carbonyl (C=O) groups excluding carboxylic acids is 2. The number of phenols is 1. The lowest BCUT2D eigenvalue weighted by molar-refractivity contribution is 0.0668. The van der Waals surface area contributed by atoms with Crippen molar-refractivity contribution in [3.8, 4) is 11.5 Å². The van der Waals surface area contributed by atoms with Gasteiger partial charge in [0, 0.05) is 31.9 Å². The van der Waals surface area contributed by atoms with Crippen LogP contribution in [-0.4, -0.2) is 60.1 Å². The molecule has 3 rings (SSSR count). The number of nitrogens with zero attached hydrogens (tertiary/aromatic N) is 2. The highest BCUT2D eigenvalue weighted by molar-refractivity contribution is 5.97. The van der Waals surface area contributed by atoms with Crippen LogP contribution in [0, 0.1) is 0 Å². The number of urea groups is 1. The largest absolute Gasteiger partial charge is 0.507 e. The third-order valence-electron chi connectivity index (χ3n) is 4.33. The Bertz CT molecular complexity index is 784. The third-order valence-corrected chi connectivity index (χ3v) is 4.33. The number of amides is 3. The van der Waals surface area contributed by atoms with Crippen molar-refractivity contribution in [2.24, 2.45) is 0 Å². The summed E-state index contributed by atoms with van der Waals surface area (Å²) in [6.07, 6.45) is 0. The quantitative estimate of drug-likeness (QED) is 0.886. The number of hydrogen-bond donors (Lipinski definition) is 2. The molecule has 0 saturated carbocycles. The van der Waals surface area contributed by atoms with Gasteiger partial charge in [0.05, 0.1) is 12.7 Å². The van der Waals surface area contributed by atoms with Crippen LogP contribution in [0.2, 0.25) is 0 Å². The van der Waals surface area contributed by atoms with E-state index in [1.165, 1.54) is 6.07 Å². The number of ether oxygens (including phenoxy) is 1. The molecular formula is C19H21N3O4. The average Bonchev–Trinajstić information content (AvgIpc) is 2.68. The van der Waals surface area contributed by atoms with Gasteiger partial charge in [-0.05, 0) is 36.4 Å². The van der Waals surface area contributed by atoms with Gasteiger partial charge in [0.15, 0.2) is 0 Å². The van der Waals surface area contributed by atoms with Crippen LogP contribution in [0.25, 0.3) is 0 Å². The molecule has 0 radical (unpaired) electrons. The Morgan fingerprint density at radius 1 is 0.962 bits per heavy atom. The van der Waals surface area contributed by atoms with Crippen LogP contribution in [0.3, 0.4) is 0 Å². The Morgan fingerprint density at radius 3 is 2.19 bits per heavy atom. The number of benzene rings is 2. The van der Waals surface area contributed by atoms with Gasteiger partial charge in [-0.3, -0.25) is 4.79 Å². The number of carbonyl (C=O) groups is 2. The molecule has 0 bridgehead atoms. The van der Waals surface area contributed by atoms with E-state index < -0.39 is 0 Å². The summed E-state index contributed by atoms with van der Waals surface area (Å²) in [7, 11) is 1.59. The highest BCUT2D eigenvalue weighted by Crippen LogP contribution is 2.19. The maximum absolute atomic E-state index is 12.5. The SMILES string of the molecule is COc1ccc(NC(=O)N2CCN(C(=O)c3ccccc3O)CC2)cc1. The summed E-state index contributed by atoms with van der Waals surface area (Å²) in [4.78, 5) is 28.2. The predicted molar refractivity (Wildman–Crippen MR) is 97.6 cm³/mol. The highest BCUT2D eigenvalue weighted by atomic mass is 16.5. The van der Waals surface area contributed by atoms with Crippen LogP contribution in [0.15, 0.2) is 48.5 Å². The Balaban J connectivity index is 1.55. The van der Waals surface area contributed by atoms with E-state index in [9.17, 15) is 14.7 Å². The predicted octanol–water partition coefficient (Wildman–Crippen LogP) is 2.39. The van der Waals surface area contributed by atoms with Gasteiger partial charge in [0.2, 0.25) is 0 Å². The summed E-state index contributed by atoms with van der Waals surface area (Å²) in [6.45, 7) is 1.70. The molecule has 136 valence electrons. The van der Waals surface area contributed by atoms with Crippen LogP contribution in [-0.2, 0) is 0 Å². The molecule has 1 heterocycles. The van der Waals surface area contributed by atoms with Crippen molar-refractivity contribution in [3.05, 3.63) is 54.1 Å². The molecule has 1 fully saturated rings. The first-order valence-electron chi connectivity index (χ1n) is 8.36. The first kappa shape index (κ1) is 17.6. The molecule has 2 aromatic carbocycles. The third kappa shape index (κ3) is 3.88. The minimum atomic E-state index is -0.224. The normalized spacial score (nSPS) is 14.0. The Morgan fingerprint density at radius 2 is 1.58 bits per heavy atom. The zero-order valence-electron chi connectivity index (χ0n) is 14.5. The fraction of sp³-hybridized carbons (Fsp3) is 0.263. The molecule has 0 aliphatic carbocycles. The Hall–Kier alpha value is -3.22. The molecule has 1 aliphatic heterocycles. The second kappa shape index (κ2) is 7.77. The topological polar surface area (TPSA) is 82.1 Å². The van der Waals surface area contributed by atoms with Gasteiger partial charge in [-0.1, -0.05) is 12.1 Å². The molecule has 3 amide bonds. The van der Waals surface area contributed by atoms with Crippen molar-refractivity contribution in [2.45, 2.75) is 0 Å². The minimum absolute atomic E-state index is 0.0304. The zero-order valence-corrected chi connectivity index (χ0v) is 14.5. The molecule has 26 heavy (non-hydrogen) atoms. The number of aromatic hydroxyl groups is 1. The summed E-state index contributed by atoms with van der Waals surface area (Å²) in [5, 5.41) is 12.7. The van der Waals surface area contributed by atoms with E-state index in [0.29, 0.717) is 31.9 Å². The van der Waals surface area contributed by atoms with E-state index >= 15 is 0 Å². The molecule has 0 spiro atoms. The molecule has 0 aromatic heterocycles. The van der Waals surface area contributed by atoms with Crippen molar-refractivity contribution in [1.82, 2.24) is 9.80 Å². The van der Waals surface area contributed by atoms with Crippen molar-refractivity contribution >= 4 is 17.6 Å².